The summed E-state index contributed by atoms with van der Waals surface area (Å²) in [6.07, 6.45) is 0.739. The van der Waals surface area contributed by atoms with E-state index in [2.05, 4.69) is 4.74 Å². The van der Waals surface area contributed by atoms with Gasteiger partial charge in [0.25, 0.3) is 0 Å². The van der Waals surface area contributed by atoms with Crippen LogP contribution in [0.25, 0.3) is 0 Å². The maximum atomic E-state index is 10.5. The van der Waals surface area contributed by atoms with Gasteiger partial charge in [-0.2, -0.15) is 0 Å². The standard InChI is InChI=1S/C6H11NO3/c1-7(3-4-8)5-6(9)10-2/h4H,3,5H2,1-2H3. The Morgan fingerprint density at radius 2 is 2.30 bits per heavy atom. The van der Waals surface area contributed by atoms with Gasteiger partial charge in [-0.3, -0.25) is 9.69 Å². The molecule has 0 aromatic carbocycles. The predicted octanol–water partition coefficient (Wildman–Crippen LogP) is -0.710. The van der Waals surface area contributed by atoms with E-state index in [1.807, 2.05) is 0 Å². The van der Waals surface area contributed by atoms with Crippen LogP contribution in [0.3, 0.4) is 0 Å². The number of hydrogen-bond acceptors (Lipinski definition) is 4. The Kier molecular flexibility index (Phi) is 4.49. The molecule has 58 valence electrons. The fraction of sp³-hybridized carbons (Fsp3) is 0.667. The molecule has 0 aromatic heterocycles. The van der Waals surface area contributed by atoms with Gasteiger partial charge in [0.1, 0.15) is 6.29 Å². The van der Waals surface area contributed by atoms with E-state index in [-0.39, 0.29) is 19.1 Å². The zero-order valence-electron chi connectivity index (χ0n) is 6.16. The molecule has 0 N–H and O–H groups in total. The van der Waals surface area contributed by atoms with Crippen molar-refractivity contribution in [3.05, 3.63) is 0 Å². The van der Waals surface area contributed by atoms with Crippen LogP contribution in [0.5, 0.6) is 0 Å². The smallest absolute Gasteiger partial charge is 0.319 e. The van der Waals surface area contributed by atoms with Crippen molar-refractivity contribution < 1.29 is 14.3 Å². The van der Waals surface area contributed by atoms with Crippen molar-refractivity contribution in [2.45, 2.75) is 0 Å². The van der Waals surface area contributed by atoms with Gasteiger partial charge in [0.05, 0.1) is 20.2 Å². The van der Waals surface area contributed by atoms with Crippen LogP contribution in [0.1, 0.15) is 0 Å². The van der Waals surface area contributed by atoms with Crippen molar-refractivity contribution in [3.8, 4) is 0 Å². The largest absolute Gasteiger partial charge is 0.468 e. The highest BCUT2D eigenvalue weighted by Gasteiger charge is 2.03. The van der Waals surface area contributed by atoms with Crippen LogP contribution in [0.2, 0.25) is 0 Å². The monoisotopic (exact) mass is 145 g/mol. The molecule has 0 amide bonds. The van der Waals surface area contributed by atoms with E-state index in [1.54, 1.807) is 11.9 Å². The van der Waals surface area contributed by atoms with Crippen LogP contribution in [0, 0.1) is 0 Å². The summed E-state index contributed by atoms with van der Waals surface area (Å²) >= 11 is 0. The quantitative estimate of drug-likeness (QED) is 0.387. The molecule has 0 radical (unpaired) electrons. The molecule has 4 heteroatoms. The maximum Gasteiger partial charge on any atom is 0.319 e. The average Bonchev–Trinajstić information content (AvgIpc) is 1.88. The number of hydrogen-bond donors (Lipinski definition) is 0. The highest BCUT2D eigenvalue weighted by molar-refractivity contribution is 5.71. The topological polar surface area (TPSA) is 46.6 Å². The first kappa shape index (κ1) is 9.10. The van der Waals surface area contributed by atoms with Crippen molar-refractivity contribution in [2.24, 2.45) is 0 Å². The van der Waals surface area contributed by atoms with E-state index in [4.69, 9.17) is 0 Å². The van der Waals surface area contributed by atoms with Crippen LogP contribution in [-0.4, -0.2) is 44.4 Å². The minimum absolute atomic E-state index is 0.162. The van der Waals surface area contributed by atoms with Gasteiger partial charge < -0.3 is 9.53 Å². The molecule has 0 saturated heterocycles. The third-order valence-electron chi connectivity index (χ3n) is 1.01. The van der Waals surface area contributed by atoms with Gasteiger partial charge in [0.2, 0.25) is 0 Å². The van der Waals surface area contributed by atoms with E-state index in [1.165, 1.54) is 7.11 Å². The minimum atomic E-state index is -0.329. The highest BCUT2D eigenvalue weighted by Crippen LogP contribution is 1.80. The van der Waals surface area contributed by atoms with E-state index in [9.17, 15) is 9.59 Å². The van der Waals surface area contributed by atoms with Crippen molar-refractivity contribution >= 4 is 12.3 Å². The summed E-state index contributed by atoms with van der Waals surface area (Å²) in [7, 11) is 2.99. The average molecular weight is 145 g/mol. The number of carbonyl (C=O) groups excluding carboxylic acids is 2. The Morgan fingerprint density at radius 1 is 1.70 bits per heavy atom. The van der Waals surface area contributed by atoms with Crippen molar-refractivity contribution in [1.29, 1.82) is 0 Å². The van der Waals surface area contributed by atoms with Crippen LogP contribution >= 0.6 is 0 Å². The molecular formula is C6H11NO3. The lowest BCUT2D eigenvalue weighted by Gasteiger charge is -2.09. The number of carbonyl (C=O) groups is 2. The van der Waals surface area contributed by atoms with Crippen LogP contribution in [0.15, 0.2) is 0 Å². The number of rotatable bonds is 4. The molecule has 0 saturated carbocycles. The van der Waals surface area contributed by atoms with Gasteiger partial charge >= 0.3 is 5.97 Å². The number of likely N-dealkylation sites (N-methyl/N-ethyl adjacent to an activating group) is 1. The number of esters is 1. The first-order valence-corrected chi connectivity index (χ1v) is 2.89. The van der Waals surface area contributed by atoms with E-state index in [0.717, 1.165) is 6.29 Å². The third kappa shape index (κ3) is 4.03. The molecule has 0 aliphatic carbocycles. The number of methoxy groups -OCH3 is 1. The normalized spacial score (nSPS) is 9.50. The maximum absolute atomic E-state index is 10.5. The van der Waals surface area contributed by atoms with Gasteiger partial charge in [-0.25, -0.2) is 0 Å². The van der Waals surface area contributed by atoms with Gasteiger partial charge in [-0.1, -0.05) is 0 Å². The third-order valence-corrected chi connectivity index (χ3v) is 1.01. The van der Waals surface area contributed by atoms with Crippen LogP contribution in [0.4, 0.5) is 0 Å². The molecule has 0 spiro atoms. The molecule has 4 nitrogen and oxygen atoms in total. The number of nitrogens with zero attached hydrogens (tertiary/aromatic N) is 1. The Bertz CT molecular complexity index is 124. The second kappa shape index (κ2) is 4.93. The lowest BCUT2D eigenvalue weighted by atomic mass is 10.5. The molecule has 10 heavy (non-hydrogen) atoms. The number of aldehydes is 1. The first-order chi connectivity index (χ1) is 4.70. The molecule has 0 unspecified atom stereocenters. The summed E-state index contributed by atoms with van der Waals surface area (Å²) < 4.78 is 4.37. The molecular weight excluding hydrogens is 134 g/mol. The molecule has 0 aliphatic heterocycles. The lowest BCUT2D eigenvalue weighted by molar-refractivity contribution is -0.141. The molecule has 0 atom stereocenters. The Morgan fingerprint density at radius 3 is 2.70 bits per heavy atom. The summed E-state index contributed by atoms with van der Waals surface area (Å²) in [4.78, 5) is 22.0. The van der Waals surface area contributed by atoms with E-state index < -0.39 is 0 Å². The van der Waals surface area contributed by atoms with Crippen molar-refractivity contribution in [1.82, 2.24) is 4.90 Å². The van der Waals surface area contributed by atoms with Crippen molar-refractivity contribution in [3.63, 3.8) is 0 Å². The fourth-order valence-electron chi connectivity index (χ4n) is 0.477. The highest BCUT2D eigenvalue weighted by atomic mass is 16.5. The molecule has 0 aromatic rings. The van der Waals surface area contributed by atoms with Crippen LogP contribution < -0.4 is 0 Å². The predicted molar refractivity (Wildman–Crippen MR) is 35.6 cm³/mol. The van der Waals surface area contributed by atoms with E-state index >= 15 is 0 Å². The number of ether oxygens (including phenoxy) is 1. The minimum Gasteiger partial charge on any atom is -0.468 e. The summed E-state index contributed by atoms with van der Waals surface area (Å²) in [6, 6.07) is 0. The molecule has 0 aliphatic rings. The second-order valence-electron chi connectivity index (χ2n) is 1.94. The summed E-state index contributed by atoms with van der Waals surface area (Å²) in [5, 5.41) is 0. The van der Waals surface area contributed by atoms with E-state index in [0.29, 0.717) is 0 Å². The van der Waals surface area contributed by atoms with Gasteiger partial charge in [-0.15, -0.1) is 0 Å². The molecule has 0 bridgehead atoms. The zero-order chi connectivity index (χ0) is 7.98. The van der Waals surface area contributed by atoms with Crippen LogP contribution in [-0.2, 0) is 14.3 Å². The lowest BCUT2D eigenvalue weighted by Crippen LogP contribution is -2.28. The Labute approximate surface area is 59.8 Å². The summed E-state index contributed by atoms with van der Waals surface area (Å²) in [5.74, 6) is -0.329. The molecule has 0 heterocycles. The second-order valence-corrected chi connectivity index (χ2v) is 1.94. The SMILES string of the molecule is COC(=O)CN(C)CC=O. The Balaban J connectivity index is 3.46. The van der Waals surface area contributed by atoms with Gasteiger partial charge in [0, 0.05) is 0 Å². The first-order valence-electron chi connectivity index (χ1n) is 2.89. The molecule has 0 fully saturated rings. The fourth-order valence-corrected chi connectivity index (χ4v) is 0.477. The summed E-state index contributed by atoms with van der Waals surface area (Å²) in [5.41, 5.74) is 0. The van der Waals surface area contributed by atoms with Crippen molar-refractivity contribution in [2.75, 3.05) is 27.2 Å². The van der Waals surface area contributed by atoms with Gasteiger partial charge in [0.15, 0.2) is 0 Å². The summed E-state index contributed by atoms with van der Waals surface area (Å²) in [6.45, 7) is 0.421. The Hall–Kier alpha value is -0.900. The zero-order valence-corrected chi connectivity index (χ0v) is 6.16. The van der Waals surface area contributed by atoms with Gasteiger partial charge in [-0.05, 0) is 7.05 Å². The molecule has 0 rings (SSSR count).